The molecule has 0 saturated heterocycles. The fourth-order valence-electron chi connectivity index (χ4n) is 4.67. The van der Waals surface area contributed by atoms with Gasteiger partial charge in [-0.3, -0.25) is 28.8 Å². The number of phenolic OH excluding ortho intramolecular Hbond substituents is 1. The van der Waals surface area contributed by atoms with Gasteiger partial charge in [-0.25, -0.2) is 4.98 Å². The van der Waals surface area contributed by atoms with Gasteiger partial charge in [0.1, 0.15) is 35.4 Å². The van der Waals surface area contributed by atoms with Crippen molar-refractivity contribution in [3.8, 4) is 5.75 Å². The number of rotatable bonds is 14. The van der Waals surface area contributed by atoms with Crippen LogP contribution in [-0.2, 0) is 30.4 Å². The van der Waals surface area contributed by atoms with Crippen LogP contribution in [0.1, 0.15) is 61.5 Å². The average Bonchev–Trinajstić information content (AvgIpc) is 3.44. The number of nitrogens with zero attached hydrogens (tertiary/aromatic N) is 1. The lowest BCUT2D eigenvalue weighted by atomic mass is 10.0. The quantitative estimate of drug-likeness (QED) is 0.141. The van der Waals surface area contributed by atoms with Gasteiger partial charge in [0.05, 0.1) is 6.42 Å². The molecule has 14 heteroatoms. The highest BCUT2D eigenvalue weighted by Crippen LogP contribution is 2.24. The molecule has 0 spiro atoms. The first-order valence-corrected chi connectivity index (χ1v) is 14.7. The van der Waals surface area contributed by atoms with Crippen LogP contribution in [0.5, 0.6) is 5.75 Å². The summed E-state index contributed by atoms with van der Waals surface area (Å²) in [6, 6.07) is 4.72. The van der Waals surface area contributed by atoms with E-state index in [9.17, 15) is 39.0 Å². The van der Waals surface area contributed by atoms with Crippen LogP contribution in [0.2, 0.25) is 0 Å². The molecule has 246 valence electrons. The molecule has 2 aromatic carbocycles. The number of hydrogen-bond acceptors (Lipinski definition) is 9. The Kier molecular flexibility index (Phi) is 11.6. The van der Waals surface area contributed by atoms with Crippen LogP contribution >= 0.6 is 0 Å². The number of benzene rings is 2. The molecule has 0 aliphatic rings. The number of carbonyl (C=O) groups excluding carboxylic acids is 5. The number of aryl methyl sites for hydroxylation is 2. The van der Waals surface area contributed by atoms with Crippen molar-refractivity contribution in [3.05, 3.63) is 59.0 Å². The van der Waals surface area contributed by atoms with E-state index >= 15 is 0 Å². The van der Waals surface area contributed by atoms with E-state index < -0.39 is 71.9 Å². The highest BCUT2D eigenvalue weighted by molar-refractivity contribution is 6.03. The van der Waals surface area contributed by atoms with Gasteiger partial charge in [0, 0.05) is 13.3 Å². The lowest BCUT2D eigenvalue weighted by Crippen LogP contribution is -2.58. The number of nitrogens with one attached hydrogen (secondary N) is 4. The highest BCUT2D eigenvalue weighted by atomic mass is 16.4. The van der Waals surface area contributed by atoms with Crippen LogP contribution < -0.4 is 21.3 Å². The summed E-state index contributed by atoms with van der Waals surface area (Å²) < 4.78 is 5.64. The average molecular weight is 638 g/mol. The van der Waals surface area contributed by atoms with Crippen molar-refractivity contribution in [1.82, 2.24) is 26.3 Å². The number of carboxylic acid groups (broad SMARTS) is 1. The molecular weight excluding hydrogens is 598 g/mol. The van der Waals surface area contributed by atoms with Crippen molar-refractivity contribution in [3.63, 3.8) is 0 Å². The van der Waals surface area contributed by atoms with E-state index in [2.05, 4.69) is 26.3 Å². The third kappa shape index (κ3) is 9.13. The number of Topliss-reactive ketones (excluding diaryl/α,β-unsaturated/α-hetero) is 1. The Labute approximate surface area is 265 Å². The number of aliphatic carboxylic acids is 1. The lowest BCUT2D eigenvalue weighted by molar-refractivity contribution is -0.138. The zero-order chi connectivity index (χ0) is 34.3. The number of aromatic nitrogens is 1. The Hall–Kier alpha value is -5.27. The molecule has 3 rings (SSSR count). The maximum absolute atomic E-state index is 13.3. The second kappa shape index (κ2) is 15.1. The van der Waals surface area contributed by atoms with Crippen LogP contribution in [0, 0.1) is 19.8 Å². The van der Waals surface area contributed by atoms with Gasteiger partial charge in [0.2, 0.25) is 29.4 Å². The maximum atomic E-state index is 13.3. The second-order valence-corrected chi connectivity index (χ2v) is 11.5. The zero-order valence-electron chi connectivity index (χ0n) is 26.5. The summed E-state index contributed by atoms with van der Waals surface area (Å²) in [6.07, 6.45) is -0.687. The van der Waals surface area contributed by atoms with E-state index in [-0.39, 0.29) is 18.1 Å². The summed E-state index contributed by atoms with van der Waals surface area (Å²) in [5.41, 5.74) is 2.92. The predicted molar refractivity (Wildman–Crippen MR) is 166 cm³/mol. The largest absolute Gasteiger partial charge is 0.508 e. The number of ketones is 1. The first kappa shape index (κ1) is 35.2. The van der Waals surface area contributed by atoms with Crippen LogP contribution in [0.4, 0.5) is 0 Å². The zero-order valence-corrected chi connectivity index (χ0v) is 26.5. The molecule has 46 heavy (non-hydrogen) atoms. The van der Waals surface area contributed by atoms with Crippen LogP contribution in [0.25, 0.3) is 11.1 Å². The van der Waals surface area contributed by atoms with E-state index in [1.165, 1.54) is 26.0 Å². The van der Waals surface area contributed by atoms with E-state index in [4.69, 9.17) is 4.42 Å². The normalized spacial score (nSPS) is 13.7. The van der Waals surface area contributed by atoms with Crippen molar-refractivity contribution in [2.75, 3.05) is 0 Å². The maximum Gasteiger partial charge on any atom is 0.305 e. The Morgan fingerprint density at radius 3 is 2.00 bits per heavy atom. The molecule has 0 saturated carbocycles. The minimum atomic E-state index is -1.54. The Bertz CT molecular complexity index is 1590. The monoisotopic (exact) mass is 637 g/mol. The number of amides is 4. The van der Waals surface area contributed by atoms with Gasteiger partial charge in [-0.15, -0.1) is 0 Å². The van der Waals surface area contributed by atoms with Crippen molar-refractivity contribution >= 4 is 46.5 Å². The summed E-state index contributed by atoms with van der Waals surface area (Å²) in [5, 5.41) is 29.0. The highest BCUT2D eigenvalue weighted by Gasteiger charge is 2.33. The van der Waals surface area contributed by atoms with Gasteiger partial charge >= 0.3 is 5.97 Å². The first-order valence-electron chi connectivity index (χ1n) is 14.7. The fraction of sp³-hybridized carbons (Fsp3) is 0.406. The van der Waals surface area contributed by atoms with E-state index in [1.54, 1.807) is 52.0 Å². The minimum Gasteiger partial charge on any atom is -0.508 e. The topological polar surface area (TPSA) is 217 Å². The molecule has 0 radical (unpaired) electrons. The molecule has 0 fully saturated rings. The number of aromatic hydroxyl groups is 1. The first-order chi connectivity index (χ1) is 21.6. The molecule has 0 aliphatic carbocycles. The summed E-state index contributed by atoms with van der Waals surface area (Å²) in [6.45, 7) is 9.49. The smallest absolute Gasteiger partial charge is 0.305 e. The van der Waals surface area contributed by atoms with E-state index in [0.29, 0.717) is 16.7 Å². The number of carbonyl (C=O) groups is 6. The summed E-state index contributed by atoms with van der Waals surface area (Å²) >= 11 is 0. The lowest BCUT2D eigenvalue weighted by Gasteiger charge is -2.26. The van der Waals surface area contributed by atoms with Crippen molar-refractivity contribution in [2.24, 2.45) is 5.92 Å². The Morgan fingerprint density at radius 2 is 1.43 bits per heavy atom. The summed E-state index contributed by atoms with van der Waals surface area (Å²) in [7, 11) is 0. The van der Waals surface area contributed by atoms with Crippen LogP contribution in [0.15, 0.2) is 40.8 Å². The molecular formula is C32H39N5O9. The molecule has 3 aromatic rings. The Balaban J connectivity index is 1.71. The third-order valence-corrected chi connectivity index (χ3v) is 7.23. The number of oxazole rings is 1. The third-order valence-electron chi connectivity index (χ3n) is 7.23. The molecule has 6 N–H and O–H groups in total. The van der Waals surface area contributed by atoms with Gasteiger partial charge in [-0.1, -0.05) is 38.1 Å². The van der Waals surface area contributed by atoms with E-state index in [1.807, 2.05) is 0 Å². The summed E-state index contributed by atoms with van der Waals surface area (Å²) in [4.78, 5) is 80.4. The van der Waals surface area contributed by atoms with Crippen LogP contribution in [0.3, 0.4) is 0 Å². The molecule has 14 nitrogen and oxygen atoms in total. The van der Waals surface area contributed by atoms with Crippen molar-refractivity contribution < 1.29 is 43.4 Å². The molecule has 0 aliphatic heterocycles. The number of fused-ring (bicyclic) bond motifs is 1. The van der Waals surface area contributed by atoms with Crippen LogP contribution in [-0.4, -0.2) is 74.7 Å². The van der Waals surface area contributed by atoms with Crippen molar-refractivity contribution in [1.29, 1.82) is 0 Å². The molecule has 0 unspecified atom stereocenters. The second-order valence-electron chi connectivity index (χ2n) is 11.5. The van der Waals surface area contributed by atoms with Crippen molar-refractivity contribution in [2.45, 2.75) is 78.6 Å². The molecule has 1 aromatic heterocycles. The minimum absolute atomic E-state index is 0.0361. The Morgan fingerprint density at radius 1 is 0.804 bits per heavy atom. The molecule has 1 heterocycles. The van der Waals surface area contributed by atoms with Gasteiger partial charge in [0.15, 0.2) is 5.58 Å². The SMILES string of the molecule is CC(=O)N[C@@H](Cc1ccc(O)cc1)C(=O)N[C@H](C(=O)N[C@@H](C)C(=O)N[C@@H](CC(=O)O)C(=O)c1nc2c(C)ccc(C)c2o1)C(C)C. The van der Waals surface area contributed by atoms with Gasteiger partial charge in [0.25, 0.3) is 5.89 Å². The predicted octanol–water partition coefficient (Wildman–Crippen LogP) is 1.69. The van der Waals surface area contributed by atoms with Gasteiger partial charge < -0.3 is 35.9 Å². The molecule has 0 bridgehead atoms. The summed E-state index contributed by atoms with van der Waals surface area (Å²) in [5.74, 6) is -5.67. The standard InChI is InChI=1S/C32H39N5O9/c1-15(2)25(36-30(44)23(34-19(6)38)13-20-9-11-21(39)12-10-20)31(45)33-18(5)29(43)35-22(14-24(40)41)27(42)32-37-26-16(3)7-8-17(4)28(26)46-32/h7-12,15,18,22-23,25,39H,13-14H2,1-6H3,(H,33,45)(H,34,38)(H,35,43)(H,36,44)(H,40,41)/t18-,22-,23-,25-/m0/s1. The number of hydrogen-bond donors (Lipinski definition) is 6. The number of phenols is 1. The van der Waals surface area contributed by atoms with Gasteiger partial charge in [-0.05, 0) is 55.5 Å². The van der Waals surface area contributed by atoms with E-state index in [0.717, 1.165) is 11.1 Å². The molecule has 4 amide bonds. The fourth-order valence-corrected chi connectivity index (χ4v) is 4.67. The molecule has 4 atom stereocenters. The number of carboxylic acids is 1. The van der Waals surface area contributed by atoms with Gasteiger partial charge in [-0.2, -0.15) is 0 Å².